The lowest BCUT2D eigenvalue weighted by molar-refractivity contribution is -0.384. The quantitative estimate of drug-likeness (QED) is 0.135. The Morgan fingerprint density at radius 2 is 1.86 bits per heavy atom. The number of aryl methyl sites for hydroxylation is 1. The lowest BCUT2D eigenvalue weighted by Gasteiger charge is -2.46. The number of carbonyl (C=O) groups is 4. The van der Waals surface area contributed by atoms with Gasteiger partial charge in [0.15, 0.2) is 0 Å². The molecule has 0 N–H and O–H groups in total. The summed E-state index contributed by atoms with van der Waals surface area (Å²) in [5, 5.41) is 19.1. The Labute approximate surface area is 325 Å². The van der Waals surface area contributed by atoms with Gasteiger partial charge in [-0.25, -0.2) is 18.3 Å². The summed E-state index contributed by atoms with van der Waals surface area (Å²) in [5.74, 6) is -2.61. The first-order valence-corrected chi connectivity index (χ1v) is 18.8. The molecule has 2 aromatic carbocycles. The predicted octanol–water partition coefficient (Wildman–Crippen LogP) is 5.54. The van der Waals surface area contributed by atoms with Gasteiger partial charge in [0, 0.05) is 55.8 Å². The summed E-state index contributed by atoms with van der Waals surface area (Å²) in [7, 11) is 2.60. The smallest absolute Gasteiger partial charge is 0.338 e. The molecule has 1 aromatic heterocycles. The number of nitro benzene ring substituents is 1. The van der Waals surface area contributed by atoms with Crippen LogP contribution in [0, 0.1) is 26.9 Å². The summed E-state index contributed by atoms with van der Waals surface area (Å²) in [4.78, 5) is 69.2. The zero-order chi connectivity index (χ0) is 40.1. The summed E-state index contributed by atoms with van der Waals surface area (Å²) in [6.07, 6.45) is -0.796. The van der Waals surface area contributed by atoms with E-state index in [0.717, 1.165) is 17.5 Å². The first-order valence-electron chi connectivity index (χ1n) is 18.4. The van der Waals surface area contributed by atoms with Gasteiger partial charge in [-0.05, 0) is 80.7 Å². The van der Waals surface area contributed by atoms with E-state index in [0.29, 0.717) is 29.1 Å². The number of carbonyl (C=O) groups excluding carboxylic acids is 4. The maximum atomic E-state index is 15.1. The van der Waals surface area contributed by atoms with Crippen LogP contribution in [0.2, 0.25) is 5.02 Å². The molecule has 2 aliphatic heterocycles. The van der Waals surface area contributed by atoms with Crippen LogP contribution in [0.15, 0.2) is 36.4 Å². The summed E-state index contributed by atoms with van der Waals surface area (Å²) in [6, 6.07) is 7.37. The lowest BCUT2D eigenvalue weighted by Crippen LogP contribution is -2.54. The second-order valence-corrected chi connectivity index (χ2v) is 15.8. The van der Waals surface area contributed by atoms with Crippen LogP contribution in [-0.2, 0) is 43.9 Å². The first-order chi connectivity index (χ1) is 26.6. The number of ether oxygens (including phenoxy) is 3. The van der Waals surface area contributed by atoms with E-state index in [4.69, 9.17) is 25.8 Å². The number of esters is 2. The van der Waals surface area contributed by atoms with Crippen molar-refractivity contribution in [1.29, 1.82) is 0 Å². The molecule has 3 heterocycles. The van der Waals surface area contributed by atoms with Crippen molar-refractivity contribution in [3.05, 3.63) is 79.6 Å². The molecule has 4 aliphatic rings. The minimum Gasteiger partial charge on any atom is -0.487 e. The van der Waals surface area contributed by atoms with Crippen molar-refractivity contribution in [3.63, 3.8) is 0 Å². The van der Waals surface area contributed by atoms with E-state index in [-0.39, 0.29) is 79.4 Å². The molecule has 15 nitrogen and oxygen atoms in total. The van der Waals surface area contributed by atoms with Crippen LogP contribution in [0.3, 0.4) is 0 Å². The monoisotopic (exact) mass is 798 g/mol. The van der Waals surface area contributed by atoms with E-state index in [2.05, 4.69) is 10.3 Å². The van der Waals surface area contributed by atoms with Gasteiger partial charge >= 0.3 is 11.9 Å². The highest BCUT2D eigenvalue weighted by molar-refractivity contribution is 6.31. The van der Waals surface area contributed by atoms with Crippen LogP contribution in [0.5, 0.6) is 5.75 Å². The molecular formula is C38H41ClF2N6O9. The molecule has 3 fully saturated rings. The third-order valence-corrected chi connectivity index (χ3v) is 12.3. The second kappa shape index (κ2) is 15.0. The first kappa shape index (κ1) is 39.1. The maximum Gasteiger partial charge on any atom is 0.338 e. The van der Waals surface area contributed by atoms with Crippen molar-refractivity contribution in [3.8, 4) is 5.75 Å². The minimum atomic E-state index is -2.86. The maximum absolute atomic E-state index is 15.1. The Morgan fingerprint density at radius 3 is 2.50 bits per heavy atom. The Morgan fingerprint density at radius 1 is 1.12 bits per heavy atom. The molecule has 4 atom stereocenters. The number of likely N-dealkylation sites (tertiary alicyclic amines) is 1. The van der Waals surface area contributed by atoms with Gasteiger partial charge in [0.2, 0.25) is 11.8 Å². The largest absolute Gasteiger partial charge is 0.487 e. The number of methoxy groups -OCH3 is 1. The number of amides is 2. The molecule has 298 valence electrons. The van der Waals surface area contributed by atoms with Crippen molar-refractivity contribution in [2.45, 2.75) is 77.0 Å². The van der Waals surface area contributed by atoms with Crippen LogP contribution in [-0.4, -0.2) is 86.3 Å². The molecule has 2 saturated carbocycles. The molecule has 2 amide bonds. The van der Waals surface area contributed by atoms with E-state index in [1.165, 1.54) is 38.4 Å². The zero-order valence-corrected chi connectivity index (χ0v) is 31.8. The van der Waals surface area contributed by atoms with Gasteiger partial charge in [-0.2, -0.15) is 0 Å². The van der Waals surface area contributed by atoms with Crippen molar-refractivity contribution in [2.75, 3.05) is 26.7 Å². The third-order valence-electron chi connectivity index (χ3n) is 11.9. The summed E-state index contributed by atoms with van der Waals surface area (Å²) in [5.41, 5.74) is -0.802. The fourth-order valence-electron chi connectivity index (χ4n) is 8.52. The van der Waals surface area contributed by atoms with Crippen molar-refractivity contribution < 1.29 is 47.1 Å². The molecule has 0 unspecified atom stereocenters. The zero-order valence-electron chi connectivity index (χ0n) is 31.0. The average Bonchev–Trinajstić information content (AvgIpc) is 3.71. The van der Waals surface area contributed by atoms with Crippen molar-refractivity contribution in [1.82, 2.24) is 24.8 Å². The van der Waals surface area contributed by atoms with E-state index >= 15 is 4.79 Å². The Balaban J connectivity index is 1.22. The molecule has 1 spiro atoms. The van der Waals surface area contributed by atoms with E-state index in [1.54, 1.807) is 28.9 Å². The summed E-state index contributed by atoms with van der Waals surface area (Å²) >= 11 is 6.78. The molecule has 7 rings (SSSR count). The predicted molar refractivity (Wildman–Crippen MR) is 193 cm³/mol. The van der Waals surface area contributed by atoms with Crippen molar-refractivity contribution >= 4 is 41.0 Å². The lowest BCUT2D eigenvalue weighted by atomic mass is 9.65. The third kappa shape index (κ3) is 7.28. The molecule has 18 heteroatoms. The van der Waals surface area contributed by atoms with Gasteiger partial charge < -0.3 is 24.0 Å². The minimum absolute atomic E-state index is 0.0347. The molecule has 2 aliphatic carbocycles. The molecule has 3 aromatic rings. The number of aromatic nitrogens is 3. The Bertz CT molecular complexity index is 2080. The molecule has 56 heavy (non-hydrogen) atoms. The van der Waals surface area contributed by atoms with Crippen LogP contribution in [0.25, 0.3) is 0 Å². The van der Waals surface area contributed by atoms with Crippen LogP contribution < -0.4 is 4.74 Å². The van der Waals surface area contributed by atoms with Crippen LogP contribution in [0.1, 0.15) is 90.8 Å². The number of nitrogens with zero attached hydrogens (tertiary/aromatic N) is 6. The van der Waals surface area contributed by atoms with Gasteiger partial charge in [-0.15, -0.1) is 5.10 Å². The molecule has 0 radical (unpaired) electrons. The number of halogens is 3. The number of non-ortho nitro benzene ring substituents is 1. The summed E-state index contributed by atoms with van der Waals surface area (Å²) < 4.78 is 46.1. The highest BCUT2D eigenvalue weighted by Gasteiger charge is 2.55. The van der Waals surface area contributed by atoms with E-state index in [9.17, 15) is 33.3 Å². The SMILES string of the molecule is COC(=O)[C@@]1(C)CC[C@H](OC(=O)c2ccc([N+](=O)[O-])cc2)C[C@H]1C(=O)N1CCc2c(Cl)ccc(OCc3nnn(C)c3C(F)F)c2[C@H]1CN1CC2(CC2)CC1=O. The summed E-state index contributed by atoms with van der Waals surface area (Å²) in [6.45, 7) is 2.05. The second-order valence-electron chi connectivity index (χ2n) is 15.4. The highest BCUT2D eigenvalue weighted by atomic mass is 35.5. The van der Waals surface area contributed by atoms with E-state index in [1.807, 2.05) is 0 Å². The van der Waals surface area contributed by atoms with Crippen LogP contribution >= 0.6 is 11.6 Å². The molecular weight excluding hydrogens is 758 g/mol. The normalized spacial score (nSPS) is 23.9. The van der Waals surface area contributed by atoms with Gasteiger partial charge in [0.1, 0.15) is 29.8 Å². The van der Waals surface area contributed by atoms with Gasteiger partial charge in [-0.3, -0.25) is 24.5 Å². The number of nitro groups is 1. The number of rotatable bonds is 11. The number of benzene rings is 2. The number of hydrogen-bond donors (Lipinski definition) is 0. The fraction of sp³-hybridized carbons (Fsp3) is 0.526. The number of alkyl halides is 2. The number of fused-ring (bicyclic) bond motifs is 1. The molecule has 0 bridgehead atoms. The van der Waals surface area contributed by atoms with Crippen LogP contribution in [0.4, 0.5) is 14.5 Å². The van der Waals surface area contributed by atoms with Crippen molar-refractivity contribution in [2.24, 2.45) is 23.8 Å². The van der Waals surface area contributed by atoms with Gasteiger partial charge in [0.05, 0.1) is 35.0 Å². The standard InChI is InChI=1S/C38H41ClF2N6O9/c1-37(36(51)54-3)12-10-23(56-35(50)21-4-6-22(7-5-21)47(52)53)16-25(37)34(49)46-15-11-24-26(39)8-9-29(55-19-27-32(33(40)41)44(2)43-42-27)31(24)28(46)18-45-20-38(13-14-38)17-30(45)48/h4-9,23,25,28,33H,10-20H2,1-3H3/t23-,25-,28+,37-/m0/s1. The van der Waals surface area contributed by atoms with Gasteiger partial charge in [0.25, 0.3) is 12.1 Å². The topological polar surface area (TPSA) is 176 Å². The highest BCUT2D eigenvalue weighted by Crippen LogP contribution is 2.54. The number of hydrogen-bond acceptors (Lipinski definition) is 11. The Kier molecular flexibility index (Phi) is 10.5. The average molecular weight is 799 g/mol. The van der Waals surface area contributed by atoms with Gasteiger partial charge in [-0.1, -0.05) is 16.8 Å². The molecule has 1 saturated heterocycles. The Hall–Kier alpha value is -5.19. The van der Waals surface area contributed by atoms with E-state index < -0.39 is 58.4 Å². The fourth-order valence-corrected chi connectivity index (χ4v) is 8.78.